The molecular weight excluding hydrogens is 148 g/mol. The van der Waals surface area contributed by atoms with Crippen LogP contribution >= 0.6 is 0 Å². The van der Waals surface area contributed by atoms with Gasteiger partial charge in [0.05, 0.1) is 0 Å². The summed E-state index contributed by atoms with van der Waals surface area (Å²) < 4.78 is 0. The lowest BCUT2D eigenvalue weighted by Crippen LogP contribution is -2.36. The third-order valence-corrected chi connectivity index (χ3v) is 2.42. The quantitative estimate of drug-likeness (QED) is 0.653. The standard InChI is InChI=1S/C10H16N2/c1-2-9-3-5-10(7-11,8-12)6-4-9/h2-5H,1,6-8,11-12H2. The van der Waals surface area contributed by atoms with Gasteiger partial charge in [0.1, 0.15) is 0 Å². The van der Waals surface area contributed by atoms with Crippen molar-refractivity contribution < 1.29 is 0 Å². The van der Waals surface area contributed by atoms with Crippen molar-refractivity contribution in [2.75, 3.05) is 13.1 Å². The Morgan fingerprint density at radius 3 is 2.50 bits per heavy atom. The van der Waals surface area contributed by atoms with Crippen LogP contribution in [0.2, 0.25) is 0 Å². The number of hydrogen-bond acceptors (Lipinski definition) is 2. The molecule has 0 aromatic carbocycles. The molecule has 0 aromatic heterocycles. The number of rotatable bonds is 3. The maximum atomic E-state index is 5.65. The molecule has 0 heterocycles. The first kappa shape index (κ1) is 9.23. The Kier molecular flexibility index (Phi) is 2.84. The molecule has 1 aliphatic carbocycles. The number of allylic oxidation sites excluding steroid dienone is 4. The summed E-state index contributed by atoms with van der Waals surface area (Å²) in [5, 5.41) is 0. The van der Waals surface area contributed by atoms with Crippen LogP contribution in [0.5, 0.6) is 0 Å². The highest BCUT2D eigenvalue weighted by molar-refractivity contribution is 5.34. The summed E-state index contributed by atoms with van der Waals surface area (Å²) in [5.41, 5.74) is 12.5. The molecule has 0 spiro atoms. The van der Waals surface area contributed by atoms with Crippen molar-refractivity contribution in [1.29, 1.82) is 0 Å². The average Bonchev–Trinajstić information content (AvgIpc) is 2.18. The summed E-state index contributed by atoms with van der Waals surface area (Å²) in [6.45, 7) is 4.93. The van der Waals surface area contributed by atoms with E-state index in [1.807, 2.05) is 12.2 Å². The van der Waals surface area contributed by atoms with Crippen molar-refractivity contribution in [3.63, 3.8) is 0 Å². The maximum Gasteiger partial charge on any atom is 0.0165 e. The van der Waals surface area contributed by atoms with Crippen molar-refractivity contribution in [3.05, 3.63) is 36.5 Å². The van der Waals surface area contributed by atoms with Crippen LogP contribution in [0.4, 0.5) is 0 Å². The third-order valence-electron chi connectivity index (χ3n) is 2.42. The smallest absolute Gasteiger partial charge is 0.0165 e. The minimum absolute atomic E-state index is 0.00743. The summed E-state index contributed by atoms with van der Waals surface area (Å²) in [5.74, 6) is 0. The van der Waals surface area contributed by atoms with Crippen LogP contribution in [0.25, 0.3) is 0 Å². The van der Waals surface area contributed by atoms with E-state index in [4.69, 9.17) is 11.5 Å². The molecule has 0 saturated heterocycles. The van der Waals surface area contributed by atoms with E-state index in [1.54, 1.807) is 0 Å². The molecule has 0 saturated carbocycles. The molecule has 0 fully saturated rings. The predicted octanol–water partition coefficient (Wildman–Crippen LogP) is 0.963. The number of nitrogens with two attached hydrogens (primary N) is 2. The van der Waals surface area contributed by atoms with E-state index in [2.05, 4.69) is 18.7 Å². The first-order valence-corrected chi connectivity index (χ1v) is 4.18. The van der Waals surface area contributed by atoms with E-state index < -0.39 is 0 Å². The van der Waals surface area contributed by atoms with Crippen molar-refractivity contribution in [2.45, 2.75) is 6.42 Å². The van der Waals surface area contributed by atoms with Gasteiger partial charge in [0, 0.05) is 18.5 Å². The lowest BCUT2D eigenvalue weighted by Gasteiger charge is -2.28. The van der Waals surface area contributed by atoms with Gasteiger partial charge in [0.25, 0.3) is 0 Å². The fourth-order valence-electron chi connectivity index (χ4n) is 1.27. The highest BCUT2D eigenvalue weighted by Gasteiger charge is 2.24. The fourth-order valence-corrected chi connectivity index (χ4v) is 1.27. The molecule has 2 nitrogen and oxygen atoms in total. The largest absolute Gasteiger partial charge is 0.330 e. The second-order valence-electron chi connectivity index (χ2n) is 3.22. The second-order valence-corrected chi connectivity index (χ2v) is 3.22. The summed E-state index contributed by atoms with van der Waals surface area (Å²) in [7, 11) is 0. The first-order valence-electron chi connectivity index (χ1n) is 4.18. The summed E-state index contributed by atoms with van der Waals surface area (Å²) in [6, 6.07) is 0. The van der Waals surface area contributed by atoms with E-state index in [0.29, 0.717) is 13.1 Å². The summed E-state index contributed by atoms with van der Waals surface area (Å²) in [4.78, 5) is 0. The van der Waals surface area contributed by atoms with Gasteiger partial charge in [0.2, 0.25) is 0 Å². The first-order chi connectivity index (χ1) is 5.76. The van der Waals surface area contributed by atoms with Gasteiger partial charge in [-0.15, -0.1) is 0 Å². The molecule has 0 aromatic rings. The molecule has 1 rings (SSSR count). The minimum Gasteiger partial charge on any atom is -0.330 e. The summed E-state index contributed by atoms with van der Waals surface area (Å²) in [6.07, 6.45) is 9.04. The SMILES string of the molecule is C=CC1=CCC(CN)(CN)C=C1. The van der Waals surface area contributed by atoms with Gasteiger partial charge in [-0.3, -0.25) is 0 Å². The molecule has 0 atom stereocenters. The normalized spacial score (nSPS) is 20.3. The van der Waals surface area contributed by atoms with Crippen LogP contribution in [-0.4, -0.2) is 13.1 Å². The van der Waals surface area contributed by atoms with Crippen LogP contribution in [0, 0.1) is 5.41 Å². The maximum absolute atomic E-state index is 5.65. The van der Waals surface area contributed by atoms with Crippen LogP contribution in [0.1, 0.15) is 6.42 Å². The monoisotopic (exact) mass is 164 g/mol. The van der Waals surface area contributed by atoms with Gasteiger partial charge in [-0.25, -0.2) is 0 Å². The Hall–Kier alpha value is -0.860. The van der Waals surface area contributed by atoms with Gasteiger partial charge in [0.15, 0.2) is 0 Å². The van der Waals surface area contributed by atoms with Crippen LogP contribution < -0.4 is 11.5 Å². The highest BCUT2D eigenvalue weighted by atomic mass is 14.7. The van der Waals surface area contributed by atoms with Crippen molar-refractivity contribution in [3.8, 4) is 0 Å². The van der Waals surface area contributed by atoms with Crippen molar-refractivity contribution in [2.24, 2.45) is 16.9 Å². The van der Waals surface area contributed by atoms with Crippen molar-refractivity contribution in [1.82, 2.24) is 0 Å². The van der Waals surface area contributed by atoms with E-state index in [9.17, 15) is 0 Å². The van der Waals surface area contributed by atoms with E-state index in [-0.39, 0.29) is 5.41 Å². The van der Waals surface area contributed by atoms with E-state index in [0.717, 1.165) is 12.0 Å². The van der Waals surface area contributed by atoms with Gasteiger partial charge >= 0.3 is 0 Å². The second kappa shape index (κ2) is 3.70. The topological polar surface area (TPSA) is 52.0 Å². The summed E-state index contributed by atoms with van der Waals surface area (Å²) >= 11 is 0. The Morgan fingerprint density at radius 2 is 2.17 bits per heavy atom. The molecule has 0 amide bonds. The van der Waals surface area contributed by atoms with Gasteiger partial charge in [-0.1, -0.05) is 30.9 Å². The lowest BCUT2D eigenvalue weighted by atomic mass is 9.80. The molecule has 0 aliphatic heterocycles. The van der Waals surface area contributed by atoms with Crippen LogP contribution in [-0.2, 0) is 0 Å². The van der Waals surface area contributed by atoms with Gasteiger partial charge < -0.3 is 11.5 Å². The average molecular weight is 164 g/mol. The van der Waals surface area contributed by atoms with Gasteiger partial charge in [-0.05, 0) is 12.0 Å². The van der Waals surface area contributed by atoms with E-state index in [1.165, 1.54) is 0 Å². The lowest BCUT2D eigenvalue weighted by molar-refractivity contribution is 0.407. The van der Waals surface area contributed by atoms with Gasteiger partial charge in [-0.2, -0.15) is 0 Å². The third kappa shape index (κ3) is 1.65. The predicted molar refractivity (Wildman–Crippen MR) is 52.6 cm³/mol. The Labute approximate surface area is 73.6 Å². The zero-order valence-electron chi connectivity index (χ0n) is 7.29. The fraction of sp³-hybridized carbons (Fsp3) is 0.400. The molecule has 4 N–H and O–H groups in total. The Balaban J connectivity index is 2.74. The molecule has 1 aliphatic rings. The Bertz CT molecular complexity index is 222. The zero-order chi connectivity index (χ0) is 9.03. The molecule has 12 heavy (non-hydrogen) atoms. The Morgan fingerprint density at radius 1 is 1.50 bits per heavy atom. The number of hydrogen-bond donors (Lipinski definition) is 2. The highest BCUT2D eigenvalue weighted by Crippen LogP contribution is 2.27. The zero-order valence-corrected chi connectivity index (χ0v) is 7.29. The molecule has 0 unspecified atom stereocenters. The molecule has 2 heteroatoms. The van der Waals surface area contributed by atoms with Crippen LogP contribution in [0.3, 0.4) is 0 Å². The molecule has 66 valence electrons. The molecule has 0 radical (unpaired) electrons. The van der Waals surface area contributed by atoms with Crippen LogP contribution in [0.15, 0.2) is 36.5 Å². The molecular formula is C10H16N2. The minimum atomic E-state index is -0.00743. The molecule has 0 bridgehead atoms. The van der Waals surface area contributed by atoms with Crippen molar-refractivity contribution >= 4 is 0 Å². The van der Waals surface area contributed by atoms with E-state index >= 15 is 0 Å².